The number of piperidine rings is 2. The van der Waals surface area contributed by atoms with Crippen molar-refractivity contribution in [3.8, 4) is 0 Å². The third-order valence-electron chi connectivity index (χ3n) is 5.99. The van der Waals surface area contributed by atoms with Crippen LogP contribution in [0.1, 0.15) is 91.9 Å². The highest BCUT2D eigenvalue weighted by Crippen LogP contribution is 2.25. The van der Waals surface area contributed by atoms with E-state index in [0.29, 0.717) is 37.0 Å². The maximum Gasteiger partial charge on any atom is 0.223 e. The van der Waals surface area contributed by atoms with Crippen LogP contribution in [0.2, 0.25) is 0 Å². The lowest BCUT2D eigenvalue weighted by Crippen LogP contribution is -2.47. The van der Waals surface area contributed by atoms with Gasteiger partial charge in [0, 0.05) is 37.0 Å². The monoisotopic (exact) mass is 336 g/mol. The smallest absolute Gasteiger partial charge is 0.223 e. The quantitative estimate of drug-likeness (QED) is 0.708. The molecular weight excluding hydrogens is 300 g/mol. The highest BCUT2D eigenvalue weighted by atomic mass is 16.2. The van der Waals surface area contributed by atoms with Crippen molar-refractivity contribution in [2.24, 2.45) is 0 Å². The fraction of sp³-hybridized carbons (Fsp3) is 0.900. The molecule has 0 saturated carbocycles. The summed E-state index contributed by atoms with van der Waals surface area (Å²) < 4.78 is 0. The van der Waals surface area contributed by atoms with Crippen LogP contribution in [-0.4, -0.2) is 45.8 Å². The Labute approximate surface area is 148 Å². The average Bonchev–Trinajstić information content (AvgIpc) is 2.51. The van der Waals surface area contributed by atoms with Crippen LogP contribution in [0.25, 0.3) is 0 Å². The normalized spacial score (nSPS) is 31.2. The van der Waals surface area contributed by atoms with Gasteiger partial charge in [-0.2, -0.15) is 0 Å². The van der Waals surface area contributed by atoms with Crippen LogP contribution in [0.15, 0.2) is 0 Å². The summed E-state index contributed by atoms with van der Waals surface area (Å²) in [6.07, 6.45) is 9.80. The van der Waals surface area contributed by atoms with E-state index in [1.165, 1.54) is 12.8 Å². The number of hydrogen-bond acceptors (Lipinski definition) is 2. The van der Waals surface area contributed by atoms with Gasteiger partial charge in [0.15, 0.2) is 0 Å². The summed E-state index contributed by atoms with van der Waals surface area (Å²) in [7, 11) is 0. The Morgan fingerprint density at radius 3 is 1.25 bits per heavy atom. The van der Waals surface area contributed by atoms with Gasteiger partial charge in [0.05, 0.1) is 0 Å². The van der Waals surface area contributed by atoms with Gasteiger partial charge in [-0.15, -0.1) is 0 Å². The molecule has 0 spiro atoms. The van der Waals surface area contributed by atoms with Crippen LogP contribution in [0.3, 0.4) is 0 Å². The van der Waals surface area contributed by atoms with Crippen molar-refractivity contribution in [2.45, 2.75) is 116 Å². The van der Waals surface area contributed by atoms with Crippen molar-refractivity contribution < 1.29 is 9.59 Å². The second kappa shape index (κ2) is 8.87. The number of rotatable bonds is 5. The van der Waals surface area contributed by atoms with Gasteiger partial charge in [-0.3, -0.25) is 9.59 Å². The molecule has 0 radical (unpaired) electrons. The number of hydrogen-bond donors (Lipinski definition) is 0. The van der Waals surface area contributed by atoms with Crippen molar-refractivity contribution in [3.63, 3.8) is 0 Å². The maximum absolute atomic E-state index is 12.5. The van der Waals surface area contributed by atoms with E-state index in [0.717, 1.165) is 38.5 Å². The Balaban J connectivity index is 1.72. The van der Waals surface area contributed by atoms with Gasteiger partial charge in [-0.1, -0.05) is 0 Å². The van der Waals surface area contributed by atoms with Gasteiger partial charge in [0.2, 0.25) is 11.8 Å². The number of unbranched alkanes of at least 4 members (excludes halogenated alkanes) is 1. The first-order valence-corrected chi connectivity index (χ1v) is 10.0. The molecule has 0 aromatic rings. The van der Waals surface area contributed by atoms with Gasteiger partial charge >= 0.3 is 0 Å². The molecule has 4 heteroatoms. The molecule has 0 aromatic heterocycles. The lowest BCUT2D eigenvalue weighted by molar-refractivity contribution is -0.139. The zero-order valence-corrected chi connectivity index (χ0v) is 16.1. The predicted molar refractivity (Wildman–Crippen MR) is 97.7 cm³/mol. The van der Waals surface area contributed by atoms with Gasteiger partial charge in [0.1, 0.15) is 0 Å². The number of carbonyl (C=O) groups is 2. The molecule has 0 bridgehead atoms. The molecule has 4 nitrogen and oxygen atoms in total. The molecule has 0 aliphatic carbocycles. The summed E-state index contributed by atoms with van der Waals surface area (Å²) in [6, 6.07) is 1.49. The summed E-state index contributed by atoms with van der Waals surface area (Å²) in [5, 5.41) is 0. The van der Waals surface area contributed by atoms with E-state index in [1.807, 2.05) is 0 Å². The van der Waals surface area contributed by atoms with E-state index in [2.05, 4.69) is 37.5 Å². The summed E-state index contributed by atoms with van der Waals surface area (Å²) in [4.78, 5) is 29.2. The van der Waals surface area contributed by atoms with Crippen LogP contribution in [0.4, 0.5) is 0 Å². The number of amides is 2. The number of nitrogens with zero attached hydrogens (tertiary/aromatic N) is 2. The van der Waals surface area contributed by atoms with E-state index >= 15 is 0 Å². The minimum atomic E-state index is 0.279. The molecule has 0 aromatic carbocycles. The third-order valence-corrected chi connectivity index (χ3v) is 5.99. The summed E-state index contributed by atoms with van der Waals surface area (Å²) in [6.45, 7) is 8.65. The number of carbonyl (C=O) groups excluding carboxylic acids is 2. The fourth-order valence-electron chi connectivity index (χ4n) is 4.64. The summed E-state index contributed by atoms with van der Waals surface area (Å²) in [5.74, 6) is 0.559. The number of likely N-dealkylation sites (tertiary alicyclic amines) is 2. The molecule has 2 aliphatic heterocycles. The van der Waals surface area contributed by atoms with Gasteiger partial charge in [-0.05, 0) is 79.1 Å². The van der Waals surface area contributed by atoms with Gasteiger partial charge in [0.25, 0.3) is 0 Å². The first kappa shape index (κ1) is 19.3. The molecule has 24 heavy (non-hydrogen) atoms. The highest BCUT2D eigenvalue weighted by molar-refractivity contribution is 5.78. The zero-order valence-electron chi connectivity index (χ0n) is 16.1. The van der Waals surface area contributed by atoms with Gasteiger partial charge < -0.3 is 9.80 Å². The largest absolute Gasteiger partial charge is 0.337 e. The Morgan fingerprint density at radius 1 is 0.667 bits per heavy atom. The van der Waals surface area contributed by atoms with Gasteiger partial charge in [-0.25, -0.2) is 0 Å². The second-order valence-electron chi connectivity index (χ2n) is 8.07. The summed E-state index contributed by atoms with van der Waals surface area (Å²) in [5.41, 5.74) is 0. The molecule has 2 rings (SSSR count). The molecule has 2 saturated heterocycles. The van der Waals surface area contributed by atoms with E-state index < -0.39 is 0 Å². The van der Waals surface area contributed by atoms with E-state index in [9.17, 15) is 9.59 Å². The maximum atomic E-state index is 12.5. The van der Waals surface area contributed by atoms with Crippen LogP contribution in [0.5, 0.6) is 0 Å². The lowest BCUT2D eigenvalue weighted by atomic mass is 9.96. The van der Waals surface area contributed by atoms with Crippen molar-refractivity contribution in [1.29, 1.82) is 0 Å². The first-order chi connectivity index (χ1) is 11.4. The predicted octanol–water partition coefficient (Wildman–Crippen LogP) is 4.13. The topological polar surface area (TPSA) is 40.6 Å². The molecule has 2 amide bonds. The van der Waals surface area contributed by atoms with Crippen LogP contribution in [-0.2, 0) is 9.59 Å². The first-order valence-electron chi connectivity index (χ1n) is 10.0. The van der Waals surface area contributed by atoms with Crippen LogP contribution in [0, 0.1) is 0 Å². The molecule has 2 fully saturated rings. The Hall–Kier alpha value is -1.06. The minimum Gasteiger partial charge on any atom is -0.337 e. The lowest BCUT2D eigenvalue weighted by Gasteiger charge is -2.39. The van der Waals surface area contributed by atoms with Crippen LogP contribution >= 0.6 is 0 Å². The van der Waals surface area contributed by atoms with Crippen molar-refractivity contribution >= 4 is 11.8 Å². The molecule has 0 N–H and O–H groups in total. The van der Waals surface area contributed by atoms with Crippen molar-refractivity contribution in [3.05, 3.63) is 0 Å². The van der Waals surface area contributed by atoms with Crippen LogP contribution < -0.4 is 0 Å². The third kappa shape index (κ3) is 4.73. The molecular formula is C20H36N2O2. The zero-order chi connectivity index (χ0) is 17.7. The Bertz CT molecular complexity index is 377. The van der Waals surface area contributed by atoms with E-state index in [1.54, 1.807) is 0 Å². The molecule has 138 valence electrons. The molecule has 2 heterocycles. The SMILES string of the molecule is C[C@@H]1CCC[C@@H](C)N1C(=O)CCCCC(=O)N1[C@H](C)CCC[C@H]1C. The Morgan fingerprint density at radius 2 is 0.958 bits per heavy atom. The van der Waals surface area contributed by atoms with E-state index in [-0.39, 0.29) is 11.8 Å². The van der Waals surface area contributed by atoms with Crippen molar-refractivity contribution in [1.82, 2.24) is 9.80 Å². The molecule has 0 unspecified atom stereocenters. The average molecular weight is 337 g/mol. The molecule has 2 aliphatic rings. The highest BCUT2D eigenvalue weighted by Gasteiger charge is 2.29. The molecule has 4 atom stereocenters. The standard InChI is InChI=1S/C20H36N2O2/c1-15-9-7-10-16(2)21(15)19(23)13-5-6-14-20(24)22-17(3)11-8-12-18(22)4/h15-18H,5-14H2,1-4H3/t15-,16-,17-,18-/m1/s1. The second-order valence-corrected chi connectivity index (χ2v) is 8.07. The minimum absolute atomic E-state index is 0.279. The summed E-state index contributed by atoms with van der Waals surface area (Å²) >= 11 is 0. The van der Waals surface area contributed by atoms with Crippen molar-refractivity contribution in [2.75, 3.05) is 0 Å². The fourth-order valence-corrected chi connectivity index (χ4v) is 4.64. The Kier molecular flexibility index (Phi) is 7.12. The van der Waals surface area contributed by atoms with E-state index in [4.69, 9.17) is 0 Å².